The number of nitrogens with zero attached hydrogens (tertiary/aromatic N) is 2. The summed E-state index contributed by atoms with van der Waals surface area (Å²) in [5.74, 6) is 0.439. The molecule has 1 heterocycles. The summed E-state index contributed by atoms with van der Waals surface area (Å²) >= 11 is 0. The van der Waals surface area contributed by atoms with Crippen molar-refractivity contribution in [2.75, 3.05) is 7.11 Å². The first-order valence-electron chi connectivity index (χ1n) is 4.41. The number of hydrogen-bond donors (Lipinski definition) is 2. The highest BCUT2D eigenvalue weighted by Gasteiger charge is 2.21. The summed E-state index contributed by atoms with van der Waals surface area (Å²) in [4.78, 5) is 3.82. The molecule has 80 valence electrons. The van der Waals surface area contributed by atoms with E-state index >= 15 is 0 Å². The molecule has 0 saturated carbocycles. The third-order valence-corrected chi connectivity index (χ3v) is 2.01. The number of methoxy groups -OCH3 is 1. The highest BCUT2D eigenvalue weighted by atomic mass is 16.5. The van der Waals surface area contributed by atoms with Crippen molar-refractivity contribution in [1.82, 2.24) is 4.98 Å². The molecule has 0 bridgehead atoms. The van der Waals surface area contributed by atoms with Crippen molar-refractivity contribution in [3.8, 4) is 11.8 Å². The zero-order valence-electron chi connectivity index (χ0n) is 8.29. The van der Waals surface area contributed by atoms with E-state index in [-0.39, 0.29) is 6.42 Å². The summed E-state index contributed by atoms with van der Waals surface area (Å²) in [6.45, 7) is 0. The summed E-state index contributed by atoms with van der Waals surface area (Å²) in [6.07, 6.45) is 0.496. The molecule has 0 fully saturated rings. The van der Waals surface area contributed by atoms with E-state index in [1.54, 1.807) is 12.1 Å². The molecular weight excluding hydrogens is 196 g/mol. The van der Waals surface area contributed by atoms with Gasteiger partial charge in [-0.05, 0) is 6.07 Å². The molecule has 15 heavy (non-hydrogen) atoms. The maximum atomic E-state index is 9.71. The van der Waals surface area contributed by atoms with Gasteiger partial charge in [0.15, 0.2) is 0 Å². The van der Waals surface area contributed by atoms with E-state index in [1.165, 1.54) is 19.5 Å². The molecule has 5 nitrogen and oxygen atoms in total. The summed E-state index contributed by atoms with van der Waals surface area (Å²) in [5, 5.41) is 27.5. The molecule has 1 rings (SSSR count). The highest BCUT2D eigenvalue weighted by Crippen LogP contribution is 2.26. The van der Waals surface area contributed by atoms with Gasteiger partial charge in [-0.2, -0.15) is 5.26 Å². The number of aliphatic hydroxyl groups is 2. The van der Waals surface area contributed by atoms with Gasteiger partial charge in [-0.15, -0.1) is 0 Å². The molecule has 1 aromatic heterocycles. The molecule has 0 amide bonds. The number of aromatic nitrogens is 1. The molecule has 0 aliphatic carbocycles. The van der Waals surface area contributed by atoms with Crippen LogP contribution >= 0.6 is 0 Å². The Hall–Kier alpha value is -1.64. The van der Waals surface area contributed by atoms with Crippen molar-refractivity contribution in [1.29, 1.82) is 5.26 Å². The van der Waals surface area contributed by atoms with Crippen LogP contribution in [-0.2, 0) is 0 Å². The Bertz CT molecular complexity index is 362. The van der Waals surface area contributed by atoms with E-state index in [2.05, 4.69) is 4.98 Å². The Morgan fingerprint density at radius 3 is 2.93 bits per heavy atom. The van der Waals surface area contributed by atoms with Crippen LogP contribution in [0.2, 0.25) is 0 Å². The molecule has 0 aliphatic rings. The summed E-state index contributed by atoms with van der Waals surface area (Å²) in [5.41, 5.74) is 0.378. The molecule has 2 atom stereocenters. The van der Waals surface area contributed by atoms with Crippen LogP contribution in [0.5, 0.6) is 5.75 Å². The minimum Gasteiger partial charge on any atom is -0.496 e. The van der Waals surface area contributed by atoms with Gasteiger partial charge in [0.1, 0.15) is 11.9 Å². The quantitative estimate of drug-likeness (QED) is 0.747. The lowest BCUT2D eigenvalue weighted by molar-refractivity contribution is 0.0200. The fourth-order valence-electron chi connectivity index (χ4n) is 1.21. The summed E-state index contributed by atoms with van der Waals surface area (Å²) < 4.78 is 5.00. The number of hydrogen-bond acceptors (Lipinski definition) is 5. The van der Waals surface area contributed by atoms with E-state index in [0.29, 0.717) is 11.3 Å². The predicted molar refractivity (Wildman–Crippen MR) is 52.0 cm³/mol. The van der Waals surface area contributed by atoms with Crippen molar-refractivity contribution in [3.63, 3.8) is 0 Å². The number of aliphatic hydroxyl groups excluding tert-OH is 2. The zero-order valence-corrected chi connectivity index (χ0v) is 8.29. The van der Waals surface area contributed by atoms with Gasteiger partial charge in [-0.3, -0.25) is 4.98 Å². The molecule has 0 saturated heterocycles. The number of ether oxygens (including phenoxy) is 1. The lowest BCUT2D eigenvalue weighted by Crippen LogP contribution is -2.18. The molecule has 2 N–H and O–H groups in total. The van der Waals surface area contributed by atoms with Crippen LogP contribution in [-0.4, -0.2) is 28.4 Å². The second-order valence-corrected chi connectivity index (χ2v) is 2.99. The summed E-state index contributed by atoms with van der Waals surface area (Å²) in [7, 11) is 1.46. The first kappa shape index (κ1) is 11.4. The standard InChI is InChI=1S/C10H12N2O3/c1-15-9-3-5-12-6-7(9)10(14)8(13)2-4-11/h3,5-6,8,10,13-14H,2H2,1H3. The van der Waals surface area contributed by atoms with Crippen LogP contribution in [0.4, 0.5) is 0 Å². The van der Waals surface area contributed by atoms with Crippen molar-refractivity contribution in [3.05, 3.63) is 24.0 Å². The molecular formula is C10H12N2O3. The third-order valence-electron chi connectivity index (χ3n) is 2.01. The Labute approximate surface area is 87.6 Å². The van der Waals surface area contributed by atoms with E-state index in [0.717, 1.165) is 0 Å². The van der Waals surface area contributed by atoms with Crippen LogP contribution in [0.15, 0.2) is 18.5 Å². The van der Waals surface area contributed by atoms with Crippen LogP contribution in [0.3, 0.4) is 0 Å². The smallest absolute Gasteiger partial charge is 0.127 e. The van der Waals surface area contributed by atoms with Crippen molar-refractivity contribution >= 4 is 0 Å². The van der Waals surface area contributed by atoms with Crippen LogP contribution in [0.25, 0.3) is 0 Å². The second-order valence-electron chi connectivity index (χ2n) is 2.99. The highest BCUT2D eigenvalue weighted by molar-refractivity contribution is 5.32. The second kappa shape index (κ2) is 5.29. The first-order valence-corrected chi connectivity index (χ1v) is 4.41. The summed E-state index contributed by atoms with van der Waals surface area (Å²) in [6, 6.07) is 3.37. The maximum Gasteiger partial charge on any atom is 0.127 e. The average Bonchev–Trinajstić information content (AvgIpc) is 2.28. The van der Waals surface area contributed by atoms with E-state index in [4.69, 9.17) is 10.00 Å². The predicted octanol–water partition coefficient (Wildman–Crippen LogP) is 0.398. The maximum absolute atomic E-state index is 9.71. The lowest BCUT2D eigenvalue weighted by Gasteiger charge is -2.17. The molecule has 2 unspecified atom stereocenters. The van der Waals surface area contributed by atoms with Gasteiger partial charge in [0, 0.05) is 18.0 Å². The van der Waals surface area contributed by atoms with Crippen molar-refractivity contribution in [2.24, 2.45) is 0 Å². The molecule has 5 heteroatoms. The van der Waals surface area contributed by atoms with Gasteiger partial charge in [-0.1, -0.05) is 0 Å². The number of nitriles is 1. The van der Waals surface area contributed by atoms with Gasteiger partial charge in [0.2, 0.25) is 0 Å². The SMILES string of the molecule is COc1ccncc1C(O)C(O)CC#N. The topological polar surface area (TPSA) is 86.4 Å². The van der Waals surface area contributed by atoms with Crippen molar-refractivity contribution < 1.29 is 14.9 Å². The number of pyridine rings is 1. The van der Waals surface area contributed by atoms with Gasteiger partial charge in [0.05, 0.1) is 25.7 Å². The third kappa shape index (κ3) is 2.65. The monoisotopic (exact) mass is 208 g/mol. The Morgan fingerprint density at radius 2 is 2.33 bits per heavy atom. The normalized spacial score (nSPS) is 14.0. The van der Waals surface area contributed by atoms with Gasteiger partial charge >= 0.3 is 0 Å². The van der Waals surface area contributed by atoms with E-state index in [9.17, 15) is 10.2 Å². The fraction of sp³-hybridized carbons (Fsp3) is 0.400. The zero-order chi connectivity index (χ0) is 11.3. The van der Waals surface area contributed by atoms with E-state index in [1.807, 2.05) is 0 Å². The minimum atomic E-state index is -1.16. The molecule has 0 aromatic carbocycles. The van der Waals surface area contributed by atoms with Gasteiger partial charge < -0.3 is 14.9 Å². The average molecular weight is 208 g/mol. The molecule has 1 aromatic rings. The van der Waals surface area contributed by atoms with Crippen LogP contribution in [0, 0.1) is 11.3 Å². The Kier molecular flexibility index (Phi) is 4.03. The Morgan fingerprint density at radius 1 is 1.60 bits per heavy atom. The molecule has 0 radical (unpaired) electrons. The van der Waals surface area contributed by atoms with Crippen LogP contribution < -0.4 is 4.74 Å². The van der Waals surface area contributed by atoms with E-state index < -0.39 is 12.2 Å². The Balaban J connectivity index is 2.90. The molecule has 0 aliphatic heterocycles. The first-order chi connectivity index (χ1) is 7.20. The van der Waals surface area contributed by atoms with Gasteiger partial charge in [-0.25, -0.2) is 0 Å². The number of rotatable bonds is 4. The minimum absolute atomic E-state index is 0.140. The lowest BCUT2D eigenvalue weighted by atomic mass is 10.0. The van der Waals surface area contributed by atoms with Crippen LogP contribution in [0.1, 0.15) is 18.1 Å². The van der Waals surface area contributed by atoms with Gasteiger partial charge in [0.25, 0.3) is 0 Å². The molecule has 0 spiro atoms. The largest absolute Gasteiger partial charge is 0.496 e. The van der Waals surface area contributed by atoms with Crippen molar-refractivity contribution in [2.45, 2.75) is 18.6 Å². The fourth-order valence-corrected chi connectivity index (χ4v) is 1.21.